The van der Waals surface area contributed by atoms with Gasteiger partial charge >= 0.3 is 6.18 Å². The van der Waals surface area contributed by atoms with Crippen LogP contribution < -0.4 is 5.43 Å². The van der Waals surface area contributed by atoms with Gasteiger partial charge in [-0.05, 0) is 19.1 Å². The van der Waals surface area contributed by atoms with Crippen LogP contribution in [0.4, 0.5) is 13.2 Å². The Labute approximate surface area is 162 Å². The van der Waals surface area contributed by atoms with Gasteiger partial charge in [-0.3, -0.25) is 9.78 Å². The molecule has 1 aromatic carbocycles. The maximum atomic E-state index is 13.3. The largest absolute Gasteiger partial charge is 0.505 e. The predicted molar refractivity (Wildman–Crippen MR) is 97.0 cm³/mol. The summed E-state index contributed by atoms with van der Waals surface area (Å²) in [6.45, 7) is 0.447. The average molecular weight is 407 g/mol. The number of aliphatic hydroxyl groups is 1. The highest BCUT2D eigenvalue weighted by atomic mass is 19.4. The van der Waals surface area contributed by atoms with Crippen molar-refractivity contribution < 1.29 is 28.2 Å². The summed E-state index contributed by atoms with van der Waals surface area (Å²) in [6.07, 6.45) is -2.31. The molecule has 1 amide bonds. The van der Waals surface area contributed by atoms with Crippen molar-refractivity contribution in [3.05, 3.63) is 53.1 Å². The van der Waals surface area contributed by atoms with E-state index in [1.54, 1.807) is 12.1 Å². The van der Waals surface area contributed by atoms with Gasteiger partial charge < -0.3 is 14.8 Å². The Morgan fingerprint density at radius 1 is 1.34 bits per heavy atom. The number of fused-ring (bicyclic) bond motifs is 1. The Hall–Kier alpha value is -3.47. The van der Waals surface area contributed by atoms with Crippen molar-refractivity contribution in [2.45, 2.75) is 26.3 Å². The average Bonchev–Trinajstić information content (AvgIpc) is 3.04. The molecule has 3 rings (SSSR count). The number of aromatic hydroxyl groups is 1. The van der Waals surface area contributed by atoms with Crippen molar-refractivity contribution in [1.29, 1.82) is 0 Å². The van der Waals surface area contributed by atoms with E-state index in [1.807, 2.05) is 0 Å². The topological polar surface area (TPSA) is 113 Å². The number of aromatic nitrogens is 3. The lowest BCUT2D eigenvalue weighted by Gasteiger charge is -2.10. The minimum Gasteiger partial charge on any atom is -0.505 e. The summed E-state index contributed by atoms with van der Waals surface area (Å²) in [5.74, 6) is -2.25. The van der Waals surface area contributed by atoms with Crippen molar-refractivity contribution in [2.24, 2.45) is 5.10 Å². The molecule has 0 aliphatic heterocycles. The zero-order chi connectivity index (χ0) is 21.2. The van der Waals surface area contributed by atoms with Crippen LogP contribution in [0.1, 0.15) is 22.6 Å². The molecule has 3 aromatic rings. The molecule has 0 spiro atoms. The third-order valence-electron chi connectivity index (χ3n) is 4.12. The maximum absolute atomic E-state index is 13.3. The van der Waals surface area contributed by atoms with E-state index in [4.69, 9.17) is 0 Å². The van der Waals surface area contributed by atoms with Crippen molar-refractivity contribution in [1.82, 2.24) is 20.0 Å². The van der Waals surface area contributed by atoms with E-state index in [1.165, 1.54) is 25.3 Å². The second-order valence-electron chi connectivity index (χ2n) is 6.09. The van der Waals surface area contributed by atoms with Crippen LogP contribution in [0.25, 0.3) is 11.0 Å². The lowest BCUT2D eigenvalue weighted by Crippen LogP contribution is -2.26. The Morgan fingerprint density at radius 3 is 2.76 bits per heavy atom. The molecule has 0 bridgehead atoms. The number of para-hydroxylation sites is 2. The smallest absolute Gasteiger partial charge is 0.449 e. The summed E-state index contributed by atoms with van der Waals surface area (Å²) in [5, 5.41) is 23.0. The van der Waals surface area contributed by atoms with Gasteiger partial charge in [-0.1, -0.05) is 12.1 Å². The molecule has 0 saturated carbocycles. The van der Waals surface area contributed by atoms with E-state index in [2.05, 4.69) is 20.5 Å². The third kappa shape index (κ3) is 4.19. The molecule has 0 atom stereocenters. The van der Waals surface area contributed by atoms with Gasteiger partial charge in [-0.15, -0.1) is 0 Å². The first kappa shape index (κ1) is 20.3. The molecule has 29 heavy (non-hydrogen) atoms. The number of amides is 1. The fourth-order valence-corrected chi connectivity index (χ4v) is 2.72. The third-order valence-corrected chi connectivity index (χ3v) is 4.12. The van der Waals surface area contributed by atoms with Gasteiger partial charge in [-0.25, -0.2) is 10.4 Å². The van der Waals surface area contributed by atoms with E-state index in [0.717, 1.165) is 10.8 Å². The SMILES string of the molecule is Cc1ncc(CO)c(/C=N/NC(=O)Cn2c(C(F)(F)F)nc3ccccc32)c1O. The van der Waals surface area contributed by atoms with Gasteiger partial charge in [0.05, 0.1) is 29.5 Å². The highest BCUT2D eigenvalue weighted by Gasteiger charge is 2.37. The molecule has 3 N–H and O–H groups in total. The van der Waals surface area contributed by atoms with Crippen molar-refractivity contribution >= 4 is 23.2 Å². The summed E-state index contributed by atoms with van der Waals surface area (Å²) in [5.41, 5.74) is 3.08. The minimum atomic E-state index is -4.74. The molecule has 2 aromatic heterocycles. The van der Waals surface area contributed by atoms with Gasteiger partial charge in [0.2, 0.25) is 5.82 Å². The van der Waals surface area contributed by atoms with Gasteiger partial charge in [0, 0.05) is 17.3 Å². The predicted octanol–water partition coefficient (Wildman–Crippen LogP) is 2.11. The molecule has 2 heterocycles. The second kappa shape index (κ2) is 7.87. The minimum absolute atomic E-state index is 0.112. The fourth-order valence-electron chi connectivity index (χ4n) is 2.72. The first-order chi connectivity index (χ1) is 13.7. The number of alkyl halides is 3. The zero-order valence-corrected chi connectivity index (χ0v) is 15.1. The number of imidazole rings is 1. The number of nitrogens with one attached hydrogen (secondary N) is 1. The summed E-state index contributed by atoms with van der Waals surface area (Å²) in [6, 6.07) is 5.94. The number of rotatable bonds is 5. The van der Waals surface area contributed by atoms with Crippen LogP contribution in [0, 0.1) is 6.92 Å². The monoisotopic (exact) mass is 407 g/mol. The lowest BCUT2D eigenvalue weighted by atomic mass is 10.1. The van der Waals surface area contributed by atoms with E-state index >= 15 is 0 Å². The molecular weight excluding hydrogens is 391 g/mol. The second-order valence-corrected chi connectivity index (χ2v) is 6.09. The molecule has 8 nitrogen and oxygen atoms in total. The normalized spacial score (nSPS) is 12.0. The van der Waals surface area contributed by atoms with Gasteiger partial charge in [0.15, 0.2) is 0 Å². The number of hydrogen-bond acceptors (Lipinski definition) is 6. The summed E-state index contributed by atoms with van der Waals surface area (Å²) >= 11 is 0. The van der Waals surface area contributed by atoms with Crippen molar-refractivity contribution in [3.63, 3.8) is 0 Å². The summed E-state index contributed by atoms with van der Waals surface area (Å²) in [4.78, 5) is 19.6. The van der Waals surface area contributed by atoms with Crippen LogP contribution >= 0.6 is 0 Å². The van der Waals surface area contributed by atoms with Crippen LogP contribution in [-0.4, -0.2) is 36.9 Å². The molecule has 0 unspecified atom stereocenters. The van der Waals surface area contributed by atoms with Crippen molar-refractivity contribution in [2.75, 3.05) is 0 Å². The molecule has 0 aliphatic rings. The number of pyridine rings is 1. The Balaban J connectivity index is 1.83. The zero-order valence-electron chi connectivity index (χ0n) is 15.1. The van der Waals surface area contributed by atoms with Gasteiger partial charge in [0.1, 0.15) is 12.3 Å². The maximum Gasteiger partial charge on any atom is 0.449 e. The number of benzene rings is 1. The molecule has 0 saturated heterocycles. The number of aliphatic hydroxyl groups excluding tert-OH is 1. The Kier molecular flexibility index (Phi) is 5.50. The lowest BCUT2D eigenvalue weighted by molar-refractivity contribution is -0.147. The first-order valence-corrected chi connectivity index (χ1v) is 8.35. The highest BCUT2D eigenvalue weighted by Crippen LogP contribution is 2.31. The highest BCUT2D eigenvalue weighted by molar-refractivity contribution is 5.87. The molecule has 0 aliphatic carbocycles. The van der Waals surface area contributed by atoms with Crippen LogP contribution in [0.15, 0.2) is 35.6 Å². The van der Waals surface area contributed by atoms with Crippen molar-refractivity contribution in [3.8, 4) is 5.75 Å². The summed E-state index contributed by atoms with van der Waals surface area (Å²) < 4.78 is 40.6. The van der Waals surface area contributed by atoms with Crippen LogP contribution in [0.5, 0.6) is 5.75 Å². The number of carbonyl (C=O) groups is 1. The van der Waals surface area contributed by atoms with Gasteiger partial charge in [0.25, 0.3) is 5.91 Å². The van der Waals surface area contributed by atoms with E-state index in [0.29, 0.717) is 0 Å². The van der Waals surface area contributed by atoms with E-state index < -0.39 is 31.1 Å². The molecule has 0 fully saturated rings. The van der Waals surface area contributed by atoms with Crippen LogP contribution in [0.3, 0.4) is 0 Å². The molecule has 11 heteroatoms. The number of hydrazone groups is 1. The number of nitrogens with zero attached hydrogens (tertiary/aromatic N) is 4. The number of hydrogen-bond donors (Lipinski definition) is 3. The fraction of sp³-hybridized carbons (Fsp3) is 0.222. The van der Waals surface area contributed by atoms with Crippen LogP contribution in [0.2, 0.25) is 0 Å². The standard InChI is InChI=1S/C18H16F3N5O3/c1-10-16(29)12(11(9-27)6-22-10)7-23-25-15(28)8-26-14-5-3-2-4-13(14)24-17(26)18(19,20)21/h2-7,27,29H,8-9H2,1H3,(H,25,28)/b23-7+. The molecular formula is C18H16F3N5O3. The van der Waals surface area contributed by atoms with Gasteiger partial charge in [-0.2, -0.15) is 18.3 Å². The van der Waals surface area contributed by atoms with E-state index in [9.17, 15) is 28.2 Å². The molecule has 152 valence electrons. The number of halogens is 3. The van der Waals surface area contributed by atoms with E-state index in [-0.39, 0.29) is 33.6 Å². The Morgan fingerprint density at radius 2 is 2.07 bits per heavy atom. The van der Waals surface area contributed by atoms with Crippen LogP contribution in [-0.2, 0) is 24.1 Å². The first-order valence-electron chi connectivity index (χ1n) is 8.35. The summed E-state index contributed by atoms with van der Waals surface area (Å²) in [7, 11) is 0. The quantitative estimate of drug-likeness (QED) is 0.443. The number of aryl methyl sites for hydroxylation is 1. The molecule has 0 radical (unpaired) electrons. The Bertz CT molecular complexity index is 1090. The number of carbonyl (C=O) groups excluding carboxylic acids is 1.